The Morgan fingerprint density at radius 3 is 2.92 bits per heavy atom. The van der Waals surface area contributed by atoms with Crippen LogP contribution in [0, 0.1) is 17.3 Å². The number of fused-ring (bicyclic) bond motifs is 1. The summed E-state index contributed by atoms with van der Waals surface area (Å²) >= 11 is 0. The molecule has 1 unspecified atom stereocenters. The average Bonchev–Trinajstić information content (AvgIpc) is 3.21. The third-order valence-electron chi connectivity index (χ3n) is 6.07. The fourth-order valence-corrected chi connectivity index (χ4v) is 4.73. The van der Waals surface area contributed by atoms with Crippen molar-refractivity contribution in [2.75, 3.05) is 50.8 Å². The van der Waals surface area contributed by atoms with E-state index in [0.717, 1.165) is 52.1 Å². The second-order valence-corrected chi connectivity index (χ2v) is 7.68. The first-order valence-corrected chi connectivity index (χ1v) is 9.23. The van der Waals surface area contributed by atoms with E-state index in [9.17, 15) is 9.90 Å². The summed E-state index contributed by atoms with van der Waals surface area (Å²) < 4.78 is 5.50. The van der Waals surface area contributed by atoms with Gasteiger partial charge in [0.05, 0.1) is 12.0 Å². The minimum Gasteiger partial charge on any atom is -0.481 e. The molecule has 7 nitrogen and oxygen atoms in total. The number of hydrogen-bond acceptors (Lipinski definition) is 6. The van der Waals surface area contributed by atoms with Gasteiger partial charge < -0.3 is 19.6 Å². The van der Waals surface area contributed by atoms with Crippen molar-refractivity contribution in [2.24, 2.45) is 17.3 Å². The molecule has 1 aromatic rings. The number of carboxylic acids is 1. The zero-order chi connectivity index (χ0) is 17.3. The van der Waals surface area contributed by atoms with Crippen LogP contribution in [0.5, 0.6) is 0 Å². The van der Waals surface area contributed by atoms with Crippen molar-refractivity contribution in [1.82, 2.24) is 14.9 Å². The second-order valence-electron chi connectivity index (χ2n) is 7.68. The van der Waals surface area contributed by atoms with Crippen LogP contribution in [0.25, 0.3) is 0 Å². The topological polar surface area (TPSA) is 78.8 Å². The van der Waals surface area contributed by atoms with Crippen molar-refractivity contribution >= 4 is 11.9 Å². The van der Waals surface area contributed by atoms with Gasteiger partial charge in [-0.15, -0.1) is 0 Å². The minimum absolute atomic E-state index is 0.110. The van der Waals surface area contributed by atoms with E-state index < -0.39 is 11.4 Å². The van der Waals surface area contributed by atoms with Crippen LogP contribution >= 0.6 is 0 Å². The molecule has 4 rings (SSSR count). The smallest absolute Gasteiger partial charge is 0.311 e. The summed E-state index contributed by atoms with van der Waals surface area (Å²) in [4.78, 5) is 25.4. The van der Waals surface area contributed by atoms with E-state index in [-0.39, 0.29) is 5.92 Å². The largest absolute Gasteiger partial charge is 0.481 e. The zero-order valence-corrected chi connectivity index (χ0v) is 14.5. The van der Waals surface area contributed by atoms with Gasteiger partial charge in [0.1, 0.15) is 0 Å². The summed E-state index contributed by atoms with van der Waals surface area (Å²) in [5, 5.41) is 10.1. The van der Waals surface area contributed by atoms with Crippen LogP contribution in [0.15, 0.2) is 18.5 Å². The number of aliphatic carboxylic acids is 1. The number of ether oxygens (including phenoxy) is 1. The van der Waals surface area contributed by atoms with Crippen LogP contribution in [-0.2, 0) is 9.53 Å². The summed E-state index contributed by atoms with van der Waals surface area (Å²) in [6.07, 6.45) is 6.22. The summed E-state index contributed by atoms with van der Waals surface area (Å²) in [6.45, 7) is 5.78. The van der Waals surface area contributed by atoms with E-state index in [1.807, 2.05) is 0 Å². The maximum absolute atomic E-state index is 12.2. The first kappa shape index (κ1) is 16.7. The number of rotatable bonds is 4. The highest BCUT2D eigenvalue weighted by Crippen LogP contribution is 2.43. The van der Waals surface area contributed by atoms with E-state index in [4.69, 9.17) is 4.74 Å². The predicted octanol–water partition coefficient (Wildman–Crippen LogP) is 1.12. The lowest BCUT2D eigenvalue weighted by atomic mass is 9.75. The summed E-state index contributed by atoms with van der Waals surface area (Å²) in [5.41, 5.74) is -0.680. The third-order valence-corrected chi connectivity index (χ3v) is 6.07. The first-order chi connectivity index (χ1) is 12.2. The molecule has 136 valence electrons. The lowest BCUT2D eigenvalue weighted by Gasteiger charge is -2.30. The van der Waals surface area contributed by atoms with Crippen LogP contribution in [0.1, 0.15) is 19.3 Å². The molecule has 0 spiro atoms. The Hall–Kier alpha value is -1.73. The monoisotopic (exact) mass is 346 g/mol. The Bertz CT molecular complexity index is 608. The Labute approximate surface area is 148 Å². The molecule has 3 saturated heterocycles. The Balaban J connectivity index is 1.52. The standard InChI is InChI=1S/C18H26N4O3/c23-16(24)18-4-1-7-21(9-14-3-8-25-12-14)10-15(18)11-22(13-18)17-19-5-2-6-20-17/h2,5-6,14-15H,1,3-4,7-13H2,(H,23,24)/t14?,15-,18-/m0/s1. The Kier molecular flexibility index (Phi) is 4.60. The molecule has 1 aromatic heterocycles. The van der Waals surface area contributed by atoms with Crippen LogP contribution < -0.4 is 4.90 Å². The van der Waals surface area contributed by atoms with Gasteiger partial charge in [0.25, 0.3) is 0 Å². The number of hydrogen-bond donors (Lipinski definition) is 1. The molecule has 0 radical (unpaired) electrons. The molecular formula is C18H26N4O3. The number of aromatic nitrogens is 2. The van der Waals surface area contributed by atoms with Gasteiger partial charge in [-0.25, -0.2) is 9.97 Å². The minimum atomic E-state index is -0.680. The fraction of sp³-hybridized carbons (Fsp3) is 0.722. The third kappa shape index (κ3) is 3.22. The highest BCUT2D eigenvalue weighted by molar-refractivity contribution is 5.77. The Morgan fingerprint density at radius 2 is 2.20 bits per heavy atom. The van der Waals surface area contributed by atoms with Gasteiger partial charge in [-0.05, 0) is 37.8 Å². The van der Waals surface area contributed by atoms with Crippen molar-refractivity contribution in [3.05, 3.63) is 18.5 Å². The number of anilines is 1. The lowest BCUT2D eigenvalue weighted by molar-refractivity contribution is -0.150. The highest BCUT2D eigenvalue weighted by Gasteiger charge is 2.54. The number of carboxylic acid groups (broad SMARTS) is 1. The summed E-state index contributed by atoms with van der Waals surface area (Å²) in [7, 11) is 0. The van der Waals surface area contributed by atoms with Crippen LogP contribution in [0.4, 0.5) is 5.95 Å². The normalized spacial score (nSPS) is 33.2. The van der Waals surface area contributed by atoms with E-state index >= 15 is 0 Å². The molecule has 0 bridgehead atoms. The van der Waals surface area contributed by atoms with Gasteiger partial charge in [0.2, 0.25) is 5.95 Å². The van der Waals surface area contributed by atoms with Crippen molar-refractivity contribution in [2.45, 2.75) is 19.3 Å². The predicted molar refractivity (Wildman–Crippen MR) is 92.4 cm³/mol. The SMILES string of the molecule is O=C(O)[C@]12CCCN(CC3CCOC3)C[C@H]1CN(c1ncccn1)C2. The summed E-state index contributed by atoms with van der Waals surface area (Å²) in [6, 6.07) is 1.79. The van der Waals surface area contributed by atoms with Crippen LogP contribution in [0.3, 0.4) is 0 Å². The maximum atomic E-state index is 12.2. The first-order valence-electron chi connectivity index (χ1n) is 9.23. The molecule has 3 aliphatic heterocycles. The van der Waals surface area contributed by atoms with E-state index in [1.165, 1.54) is 0 Å². The van der Waals surface area contributed by atoms with Crippen molar-refractivity contribution in [3.8, 4) is 0 Å². The number of nitrogens with zero attached hydrogens (tertiary/aromatic N) is 4. The average molecular weight is 346 g/mol. The molecule has 0 saturated carbocycles. The molecule has 0 aromatic carbocycles. The maximum Gasteiger partial charge on any atom is 0.311 e. The van der Waals surface area contributed by atoms with Crippen molar-refractivity contribution in [3.63, 3.8) is 0 Å². The quantitative estimate of drug-likeness (QED) is 0.875. The molecule has 0 aliphatic carbocycles. The van der Waals surface area contributed by atoms with Gasteiger partial charge in [-0.2, -0.15) is 0 Å². The molecule has 25 heavy (non-hydrogen) atoms. The summed E-state index contributed by atoms with van der Waals surface area (Å²) in [5.74, 6) is 0.680. The lowest BCUT2D eigenvalue weighted by Crippen LogP contribution is -2.42. The van der Waals surface area contributed by atoms with Crippen molar-refractivity contribution < 1.29 is 14.6 Å². The number of likely N-dealkylation sites (tertiary alicyclic amines) is 1. The molecule has 1 N–H and O–H groups in total. The molecular weight excluding hydrogens is 320 g/mol. The van der Waals surface area contributed by atoms with Gasteiger partial charge in [0.15, 0.2) is 0 Å². The van der Waals surface area contributed by atoms with Crippen molar-refractivity contribution in [1.29, 1.82) is 0 Å². The van der Waals surface area contributed by atoms with Gasteiger partial charge in [0, 0.05) is 51.1 Å². The highest BCUT2D eigenvalue weighted by atomic mass is 16.5. The van der Waals surface area contributed by atoms with Gasteiger partial charge in [-0.1, -0.05) is 0 Å². The molecule has 0 amide bonds. The molecule has 3 atom stereocenters. The van der Waals surface area contributed by atoms with E-state index in [1.54, 1.807) is 18.5 Å². The van der Waals surface area contributed by atoms with Crippen LogP contribution in [-0.4, -0.2) is 71.9 Å². The molecule has 3 aliphatic rings. The number of carbonyl (C=O) groups is 1. The second kappa shape index (κ2) is 6.88. The Morgan fingerprint density at radius 1 is 1.36 bits per heavy atom. The van der Waals surface area contributed by atoms with E-state index in [2.05, 4.69) is 19.8 Å². The molecule has 7 heteroatoms. The van der Waals surface area contributed by atoms with Crippen LogP contribution in [0.2, 0.25) is 0 Å². The van der Waals surface area contributed by atoms with E-state index in [0.29, 0.717) is 25.0 Å². The van der Waals surface area contributed by atoms with Gasteiger partial charge in [-0.3, -0.25) is 4.79 Å². The van der Waals surface area contributed by atoms with Gasteiger partial charge >= 0.3 is 5.97 Å². The molecule has 4 heterocycles. The fourth-order valence-electron chi connectivity index (χ4n) is 4.73. The molecule has 3 fully saturated rings. The zero-order valence-electron chi connectivity index (χ0n) is 14.5.